The van der Waals surface area contributed by atoms with Gasteiger partial charge in [0, 0.05) is 33.4 Å². The summed E-state index contributed by atoms with van der Waals surface area (Å²) in [7, 11) is 1.82. The Morgan fingerprint density at radius 1 is 1.33 bits per heavy atom. The van der Waals surface area contributed by atoms with Crippen LogP contribution < -0.4 is 5.32 Å². The highest BCUT2D eigenvalue weighted by atomic mass is 16.5. The van der Waals surface area contributed by atoms with Crippen molar-refractivity contribution in [1.29, 1.82) is 0 Å². The zero-order valence-corrected chi connectivity index (χ0v) is 12.3. The number of hydrogen-bond acceptors (Lipinski definition) is 4. The van der Waals surface area contributed by atoms with Gasteiger partial charge >= 0.3 is 0 Å². The van der Waals surface area contributed by atoms with Gasteiger partial charge in [0.15, 0.2) is 0 Å². The highest BCUT2D eigenvalue weighted by Gasteiger charge is 2.18. The van der Waals surface area contributed by atoms with Gasteiger partial charge in [-0.3, -0.25) is 4.90 Å². The van der Waals surface area contributed by atoms with Crippen molar-refractivity contribution < 1.29 is 9.47 Å². The number of methoxy groups -OCH3 is 1. The Bertz CT molecular complexity index is 200. The quantitative estimate of drug-likeness (QED) is 0.636. The van der Waals surface area contributed by atoms with Gasteiger partial charge in [-0.25, -0.2) is 0 Å². The van der Waals surface area contributed by atoms with E-state index in [1.807, 2.05) is 7.11 Å². The molecule has 0 radical (unpaired) electrons. The second kappa shape index (κ2) is 9.73. The van der Waals surface area contributed by atoms with Gasteiger partial charge in [0.2, 0.25) is 0 Å². The minimum absolute atomic E-state index is 0.351. The van der Waals surface area contributed by atoms with E-state index in [4.69, 9.17) is 9.47 Å². The maximum atomic E-state index is 5.50. The second-order valence-corrected chi connectivity index (χ2v) is 5.32. The van der Waals surface area contributed by atoms with Crippen LogP contribution in [0.4, 0.5) is 0 Å². The van der Waals surface area contributed by atoms with E-state index in [0.29, 0.717) is 12.2 Å². The summed E-state index contributed by atoms with van der Waals surface area (Å²) < 4.78 is 10.9. The van der Waals surface area contributed by atoms with Gasteiger partial charge < -0.3 is 14.8 Å². The van der Waals surface area contributed by atoms with Gasteiger partial charge in [-0.2, -0.15) is 0 Å². The first-order valence-corrected chi connectivity index (χ1v) is 7.30. The lowest BCUT2D eigenvalue weighted by Gasteiger charge is -2.31. The lowest BCUT2D eigenvalue weighted by Crippen LogP contribution is -2.42. The van der Waals surface area contributed by atoms with E-state index in [-0.39, 0.29) is 0 Å². The maximum Gasteiger partial charge on any atom is 0.0698 e. The van der Waals surface area contributed by atoms with E-state index in [2.05, 4.69) is 24.1 Å². The third-order valence-electron chi connectivity index (χ3n) is 3.35. The number of ether oxygens (including phenoxy) is 2. The van der Waals surface area contributed by atoms with Crippen LogP contribution in [0.2, 0.25) is 0 Å². The maximum absolute atomic E-state index is 5.50. The summed E-state index contributed by atoms with van der Waals surface area (Å²) in [5.74, 6) is 0. The molecule has 1 aliphatic rings. The SMILES string of the molecule is COC1CCCN(CCNCCCOC(C)C)C1. The molecule has 1 rings (SSSR count). The Hall–Kier alpha value is -0.160. The van der Waals surface area contributed by atoms with E-state index in [1.54, 1.807) is 0 Å². The number of likely N-dealkylation sites (tertiary alicyclic amines) is 1. The molecule has 4 nitrogen and oxygen atoms in total. The van der Waals surface area contributed by atoms with E-state index in [0.717, 1.165) is 39.2 Å². The Labute approximate surface area is 112 Å². The molecule has 1 aliphatic heterocycles. The molecule has 0 aliphatic carbocycles. The summed E-state index contributed by atoms with van der Waals surface area (Å²) in [6.07, 6.45) is 4.37. The van der Waals surface area contributed by atoms with E-state index < -0.39 is 0 Å². The van der Waals surface area contributed by atoms with Crippen molar-refractivity contribution >= 4 is 0 Å². The van der Waals surface area contributed by atoms with E-state index in [9.17, 15) is 0 Å². The number of hydrogen-bond donors (Lipinski definition) is 1. The van der Waals surface area contributed by atoms with Crippen LogP contribution in [0, 0.1) is 0 Å². The molecule has 1 N–H and O–H groups in total. The Balaban J connectivity index is 1.91. The number of piperidine rings is 1. The predicted octanol–water partition coefficient (Wildman–Crippen LogP) is 1.50. The summed E-state index contributed by atoms with van der Waals surface area (Å²) in [6, 6.07) is 0. The fourth-order valence-corrected chi connectivity index (χ4v) is 2.29. The summed E-state index contributed by atoms with van der Waals surface area (Å²) in [5.41, 5.74) is 0. The van der Waals surface area contributed by atoms with E-state index in [1.165, 1.54) is 19.4 Å². The molecule has 18 heavy (non-hydrogen) atoms. The molecule has 108 valence electrons. The molecule has 4 heteroatoms. The van der Waals surface area contributed by atoms with Crippen LogP contribution in [0.3, 0.4) is 0 Å². The first-order chi connectivity index (χ1) is 8.72. The fraction of sp³-hybridized carbons (Fsp3) is 1.00. The normalized spacial score (nSPS) is 21.7. The van der Waals surface area contributed by atoms with Crippen LogP contribution >= 0.6 is 0 Å². The average molecular weight is 258 g/mol. The zero-order chi connectivity index (χ0) is 13.2. The Kier molecular flexibility index (Phi) is 8.59. The molecule has 0 saturated carbocycles. The zero-order valence-electron chi connectivity index (χ0n) is 12.3. The van der Waals surface area contributed by atoms with Crippen molar-refractivity contribution in [1.82, 2.24) is 10.2 Å². The van der Waals surface area contributed by atoms with Crippen molar-refractivity contribution in [2.75, 3.05) is 46.4 Å². The molecule has 1 fully saturated rings. The van der Waals surface area contributed by atoms with Crippen molar-refractivity contribution in [2.45, 2.75) is 45.3 Å². The molecular formula is C14H30N2O2. The topological polar surface area (TPSA) is 33.7 Å². The first-order valence-electron chi connectivity index (χ1n) is 7.30. The lowest BCUT2D eigenvalue weighted by atomic mass is 10.1. The van der Waals surface area contributed by atoms with Gasteiger partial charge in [-0.05, 0) is 46.2 Å². The molecule has 1 unspecified atom stereocenters. The molecule has 0 aromatic carbocycles. The van der Waals surface area contributed by atoms with Crippen LogP contribution in [0.5, 0.6) is 0 Å². The Morgan fingerprint density at radius 3 is 2.89 bits per heavy atom. The fourth-order valence-electron chi connectivity index (χ4n) is 2.29. The van der Waals surface area contributed by atoms with Crippen LogP contribution in [0.15, 0.2) is 0 Å². The van der Waals surface area contributed by atoms with Crippen LogP contribution in [0.25, 0.3) is 0 Å². The van der Waals surface area contributed by atoms with Crippen molar-refractivity contribution in [3.8, 4) is 0 Å². The van der Waals surface area contributed by atoms with Crippen LogP contribution in [0.1, 0.15) is 33.1 Å². The monoisotopic (exact) mass is 258 g/mol. The van der Waals surface area contributed by atoms with Crippen molar-refractivity contribution in [2.24, 2.45) is 0 Å². The molecule has 0 spiro atoms. The van der Waals surface area contributed by atoms with Crippen molar-refractivity contribution in [3.63, 3.8) is 0 Å². The number of rotatable bonds is 9. The van der Waals surface area contributed by atoms with Gasteiger partial charge in [-0.15, -0.1) is 0 Å². The van der Waals surface area contributed by atoms with Gasteiger partial charge in [0.1, 0.15) is 0 Å². The molecule has 0 bridgehead atoms. The lowest BCUT2D eigenvalue weighted by molar-refractivity contribution is 0.0318. The molecule has 1 atom stereocenters. The minimum atomic E-state index is 0.351. The summed E-state index contributed by atoms with van der Waals surface area (Å²) in [6.45, 7) is 10.6. The largest absolute Gasteiger partial charge is 0.380 e. The molecule has 1 saturated heterocycles. The summed E-state index contributed by atoms with van der Waals surface area (Å²) in [5, 5.41) is 3.48. The van der Waals surface area contributed by atoms with Crippen molar-refractivity contribution in [3.05, 3.63) is 0 Å². The third-order valence-corrected chi connectivity index (χ3v) is 3.35. The molecule has 1 heterocycles. The van der Waals surface area contributed by atoms with Crippen LogP contribution in [-0.4, -0.2) is 63.5 Å². The number of nitrogens with zero attached hydrogens (tertiary/aromatic N) is 1. The average Bonchev–Trinajstić information content (AvgIpc) is 2.37. The smallest absolute Gasteiger partial charge is 0.0698 e. The van der Waals surface area contributed by atoms with Crippen LogP contribution in [-0.2, 0) is 9.47 Å². The van der Waals surface area contributed by atoms with Gasteiger partial charge in [-0.1, -0.05) is 0 Å². The standard InChI is InChI=1S/C14H30N2O2/c1-13(2)18-11-5-7-15-8-10-16-9-4-6-14(12-16)17-3/h13-15H,4-12H2,1-3H3. The van der Waals surface area contributed by atoms with Gasteiger partial charge in [0.05, 0.1) is 12.2 Å². The molecular weight excluding hydrogens is 228 g/mol. The second-order valence-electron chi connectivity index (χ2n) is 5.32. The Morgan fingerprint density at radius 2 is 2.17 bits per heavy atom. The molecule has 0 aromatic heterocycles. The highest BCUT2D eigenvalue weighted by Crippen LogP contribution is 2.11. The van der Waals surface area contributed by atoms with Gasteiger partial charge in [0.25, 0.3) is 0 Å². The molecule has 0 amide bonds. The third kappa shape index (κ3) is 7.31. The summed E-state index contributed by atoms with van der Waals surface area (Å²) >= 11 is 0. The van der Waals surface area contributed by atoms with E-state index >= 15 is 0 Å². The minimum Gasteiger partial charge on any atom is -0.380 e. The predicted molar refractivity (Wildman–Crippen MR) is 75.0 cm³/mol. The molecule has 0 aromatic rings. The summed E-state index contributed by atoms with van der Waals surface area (Å²) in [4.78, 5) is 2.50. The number of nitrogens with one attached hydrogen (secondary N) is 1. The highest BCUT2D eigenvalue weighted by molar-refractivity contribution is 4.73. The first kappa shape index (κ1) is 15.9.